The van der Waals surface area contributed by atoms with E-state index in [0.29, 0.717) is 5.75 Å². The molecule has 0 saturated heterocycles. The Morgan fingerprint density at radius 1 is 1.47 bits per heavy atom. The van der Waals surface area contributed by atoms with Gasteiger partial charge in [-0.25, -0.2) is 9.97 Å². The molecule has 0 bridgehead atoms. The summed E-state index contributed by atoms with van der Waals surface area (Å²) < 4.78 is 0. The Hall–Kier alpha value is -1.14. The summed E-state index contributed by atoms with van der Waals surface area (Å²) in [4.78, 5) is 21.2. The minimum absolute atomic E-state index is 0.151. The van der Waals surface area contributed by atoms with Gasteiger partial charge in [-0.2, -0.15) is 0 Å². The number of thioether (sulfide) groups is 1. The standard InChI is InChI=1S/C11H12N2O2S2/c1-6-7(2)17-11-9(6)10(12-5-13-11)16-4-3-8(14)15/h5H,3-4H2,1-2H3,(H,14,15). The fraction of sp³-hybridized carbons (Fsp3) is 0.364. The zero-order valence-corrected chi connectivity index (χ0v) is 11.2. The van der Waals surface area contributed by atoms with E-state index in [9.17, 15) is 4.79 Å². The summed E-state index contributed by atoms with van der Waals surface area (Å²) in [6.07, 6.45) is 1.69. The minimum atomic E-state index is -0.777. The van der Waals surface area contributed by atoms with Crippen molar-refractivity contribution in [2.24, 2.45) is 0 Å². The normalized spacial score (nSPS) is 10.9. The van der Waals surface area contributed by atoms with Gasteiger partial charge in [0.1, 0.15) is 16.2 Å². The van der Waals surface area contributed by atoms with Crippen LogP contribution in [0.5, 0.6) is 0 Å². The molecule has 0 unspecified atom stereocenters. The quantitative estimate of drug-likeness (QED) is 0.682. The van der Waals surface area contributed by atoms with Gasteiger partial charge >= 0.3 is 5.97 Å². The van der Waals surface area contributed by atoms with E-state index < -0.39 is 5.97 Å². The summed E-state index contributed by atoms with van der Waals surface area (Å²) in [6, 6.07) is 0. The number of hydrogen-bond donors (Lipinski definition) is 1. The van der Waals surface area contributed by atoms with Crippen molar-refractivity contribution >= 4 is 39.3 Å². The first-order valence-electron chi connectivity index (χ1n) is 5.15. The molecule has 0 aliphatic heterocycles. The molecule has 0 aliphatic carbocycles. The third-order valence-corrected chi connectivity index (χ3v) is 4.59. The maximum Gasteiger partial charge on any atom is 0.304 e. The molecule has 0 aliphatic rings. The number of carboxylic acid groups (broad SMARTS) is 1. The predicted molar refractivity (Wildman–Crippen MR) is 69.9 cm³/mol. The molecule has 2 heterocycles. The van der Waals surface area contributed by atoms with Gasteiger partial charge in [0.25, 0.3) is 0 Å². The van der Waals surface area contributed by atoms with E-state index >= 15 is 0 Å². The smallest absolute Gasteiger partial charge is 0.304 e. The van der Waals surface area contributed by atoms with Crippen LogP contribution >= 0.6 is 23.1 Å². The Bertz CT molecular complexity index is 566. The molecule has 2 aromatic rings. The third-order valence-electron chi connectivity index (χ3n) is 2.49. The highest BCUT2D eigenvalue weighted by Gasteiger charge is 2.12. The molecule has 90 valence electrons. The van der Waals surface area contributed by atoms with Crippen molar-refractivity contribution in [2.45, 2.75) is 25.3 Å². The molecule has 0 radical (unpaired) electrons. The summed E-state index contributed by atoms with van der Waals surface area (Å²) in [5.74, 6) is -0.239. The zero-order chi connectivity index (χ0) is 12.4. The summed E-state index contributed by atoms with van der Waals surface area (Å²) in [6.45, 7) is 4.12. The van der Waals surface area contributed by atoms with Crippen molar-refractivity contribution in [3.05, 3.63) is 16.8 Å². The molecule has 6 heteroatoms. The van der Waals surface area contributed by atoms with Crippen molar-refractivity contribution in [3.8, 4) is 0 Å². The molecule has 17 heavy (non-hydrogen) atoms. The Kier molecular flexibility index (Phi) is 3.63. The van der Waals surface area contributed by atoms with E-state index in [1.165, 1.54) is 22.2 Å². The maximum absolute atomic E-state index is 10.5. The number of carbonyl (C=O) groups is 1. The van der Waals surface area contributed by atoms with Crippen LogP contribution in [0.4, 0.5) is 0 Å². The van der Waals surface area contributed by atoms with Crippen LogP contribution < -0.4 is 0 Å². The van der Waals surface area contributed by atoms with Crippen LogP contribution in [0.1, 0.15) is 16.9 Å². The number of rotatable bonds is 4. The number of aromatic nitrogens is 2. The Morgan fingerprint density at radius 2 is 2.24 bits per heavy atom. The molecule has 2 aromatic heterocycles. The number of nitrogens with zero attached hydrogens (tertiary/aromatic N) is 2. The van der Waals surface area contributed by atoms with E-state index in [4.69, 9.17) is 5.11 Å². The van der Waals surface area contributed by atoms with E-state index in [1.807, 2.05) is 0 Å². The summed E-state index contributed by atoms with van der Waals surface area (Å²) in [5.41, 5.74) is 1.20. The second kappa shape index (κ2) is 5.01. The highest BCUT2D eigenvalue weighted by atomic mass is 32.2. The van der Waals surface area contributed by atoms with E-state index in [0.717, 1.165) is 15.2 Å². The lowest BCUT2D eigenvalue weighted by Gasteiger charge is -2.01. The van der Waals surface area contributed by atoms with Gasteiger partial charge in [-0.05, 0) is 19.4 Å². The van der Waals surface area contributed by atoms with Crippen molar-refractivity contribution in [3.63, 3.8) is 0 Å². The molecular weight excluding hydrogens is 256 g/mol. The first kappa shape index (κ1) is 12.3. The number of fused-ring (bicyclic) bond motifs is 1. The lowest BCUT2D eigenvalue weighted by atomic mass is 10.2. The number of aryl methyl sites for hydroxylation is 2. The summed E-state index contributed by atoms with van der Waals surface area (Å²) >= 11 is 3.13. The number of aliphatic carboxylic acids is 1. The van der Waals surface area contributed by atoms with Crippen LogP contribution in [0.15, 0.2) is 11.4 Å². The molecule has 0 spiro atoms. The molecule has 0 saturated carbocycles. The average molecular weight is 268 g/mol. The van der Waals surface area contributed by atoms with E-state index in [2.05, 4.69) is 23.8 Å². The minimum Gasteiger partial charge on any atom is -0.481 e. The van der Waals surface area contributed by atoms with E-state index in [-0.39, 0.29) is 6.42 Å². The molecule has 4 nitrogen and oxygen atoms in total. The van der Waals surface area contributed by atoms with Gasteiger partial charge in [0, 0.05) is 16.0 Å². The Morgan fingerprint density at radius 3 is 2.94 bits per heavy atom. The van der Waals surface area contributed by atoms with Crippen molar-refractivity contribution in [2.75, 3.05) is 5.75 Å². The second-order valence-corrected chi connectivity index (χ2v) is 5.92. The number of hydrogen-bond acceptors (Lipinski definition) is 5. The topological polar surface area (TPSA) is 63.1 Å². The fourth-order valence-electron chi connectivity index (χ4n) is 1.49. The van der Waals surface area contributed by atoms with Crippen LogP contribution in [-0.2, 0) is 4.79 Å². The van der Waals surface area contributed by atoms with Gasteiger partial charge in [0.05, 0.1) is 6.42 Å². The molecule has 0 amide bonds. The zero-order valence-electron chi connectivity index (χ0n) is 9.56. The van der Waals surface area contributed by atoms with Gasteiger partial charge in [-0.1, -0.05) is 0 Å². The van der Waals surface area contributed by atoms with Crippen molar-refractivity contribution in [1.29, 1.82) is 0 Å². The van der Waals surface area contributed by atoms with Crippen LogP contribution in [0.2, 0.25) is 0 Å². The Balaban J connectivity index is 2.30. The van der Waals surface area contributed by atoms with Crippen LogP contribution in [0.3, 0.4) is 0 Å². The Labute approximate surface area is 107 Å². The van der Waals surface area contributed by atoms with Gasteiger partial charge in [-0.15, -0.1) is 23.1 Å². The maximum atomic E-state index is 10.5. The van der Waals surface area contributed by atoms with Crippen LogP contribution in [0, 0.1) is 13.8 Å². The third kappa shape index (κ3) is 2.58. The van der Waals surface area contributed by atoms with Gasteiger partial charge in [-0.3, -0.25) is 4.79 Å². The first-order valence-corrected chi connectivity index (χ1v) is 6.95. The molecular formula is C11H12N2O2S2. The van der Waals surface area contributed by atoms with Gasteiger partial charge in [0.2, 0.25) is 0 Å². The largest absolute Gasteiger partial charge is 0.481 e. The van der Waals surface area contributed by atoms with Crippen LogP contribution in [0.25, 0.3) is 10.2 Å². The highest BCUT2D eigenvalue weighted by molar-refractivity contribution is 7.99. The number of thiophene rings is 1. The van der Waals surface area contributed by atoms with E-state index in [1.54, 1.807) is 17.7 Å². The van der Waals surface area contributed by atoms with Crippen LogP contribution in [-0.4, -0.2) is 26.8 Å². The second-order valence-electron chi connectivity index (χ2n) is 3.63. The lowest BCUT2D eigenvalue weighted by Crippen LogP contribution is -1.96. The number of carboxylic acids is 1. The SMILES string of the molecule is Cc1sc2ncnc(SCCC(=O)O)c2c1C. The first-order chi connectivity index (χ1) is 8.09. The average Bonchev–Trinajstić information content (AvgIpc) is 2.55. The molecule has 0 aromatic carbocycles. The highest BCUT2D eigenvalue weighted by Crippen LogP contribution is 2.34. The molecule has 0 fully saturated rings. The summed E-state index contributed by atoms with van der Waals surface area (Å²) in [5, 5.41) is 10.6. The van der Waals surface area contributed by atoms with Gasteiger partial charge < -0.3 is 5.11 Å². The monoisotopic (exact) mass is 268 g/mol. The molecule has 2 rings (SSSR count). The fourth-order valence-corrected chi connectivity index (χ4v) is 3.54. The molecule has 1 N–H and O–H groups in total. The summed E-state index contributed by atoms with van der Waals surface area (Å²) in [7, 11) is 0. The van der Waals surface area contributed by atoms with Gasteiger partial charge in [0.15, 0.2) is 0 Å². The van der Waals surface area contributed by atoms with Crippen molar-refractivity contribution < 1.29 is 9.90 Å². The lowest BCUT2D eigenvalue weighted by molar-refractivity contribution is -0.136. The van der Waals surface area contributed by atoms with Crippen molar-refractivity contribution in [1.82, 2.24) is 9.97 Å². The predicted octanol–water partition coefficient (Wildman–Crippen LogP) is 2.87. The molecule has 0 atom stereocenters.